The number of nitrogens with one attached hydrogen (secondary N) is 1. The zero-order valence-corrected chi connectivity index (χ0v) is 11.2. The summed E-state index contributed by atoms with van der Waals surface area (Å²) in [5, 5.41) is 3.21. The Morgan fingerprint density at radius 1 is 1.14 bits per heavy atom. The molecule has 1 atom stereocenters. The molecule has 0 radical (unpaired) electrons. The lowest BCUT2D eigenvalue weighted by Crippen LogP contribution is -2.10. The Kier molecular flexibility index (Phi) is 3.73. The summed E-state index contributed by atoms with van der Waals surface area (Å²) in [6.45, 7) is -2.86. The lowest BCUT2D eigenvalue weighted by atomic mass is 10.1. The fraction of sp³-hybridized carbons (Fsp3) is 0.250. The minimum absolute atomic E-state index is 0.0250. The zero-order valence-electron chi connectivity index (χ0n) is 11.2. The van der Waals surface area contributed by atoms with Gasteiger partial charge in [0.1, 0.15) is 11.6 Å². The minimum atomic E-state index is -2.86. The Hall–Kier alpha value is -2.17. The number of fused-ring (bicyclic) bond motifs is 1. The number of hydrogen-bond acceptors (Lipinski definition) is 2. The van der Waals surface area contributed by atoms with Crippen LogP contribution in [0.15, 0.2) is 42.5 Å². The molecule has 0 spiro atoms. The van der Waals surface area contributed by atoms with Crippen molar-refractivity contribution < 1.29 is 17.9 Å². The van der Waals surface area contributed by atoms with Gasteiger partial charge in [0, 0.05) is 0 Å². The maximum atomic E-state index is 13.2. The molecule has 3 rings (SSSR count). The number of hydrogen-bond donors (Lipinski definition) is 1. The summed E-state index contributed by atoms with van der Waals surface area (Å²) >= 11 is 0. The summed E-state index contributed by atoms with van der Waals surface area (Å²) in [5.41, 5.74) is 2.47. The van der Waals surface area contributed by atoms with Gasteiger partial charge in [-0.15, -0.1) is 0 Å². The van der Waals surface area contributed by atoms with E-state index in [-0.39, 0.29) is 17.6 Å². The molecule has 2 aromatic rings. The molecule has 0 aromatic heterocycles. The first kappa shape index (κ1) is 13.8. The Labute approximate surface area is 120 Å². The lowest BCUT2D eigenvalue weighted by Gasteiger charge is -2.18. The topological polar surface area (TPSA) is 21.3 Å². The molecule has 0 fully saturated rings. The summed E-state index contributed by atoms with van der Waals surface area (Å²) in [6.07, 6.45) is 1.56. The Bertz CT molecular complexity index is 645. The van der Waals surface area contributed by atoms with E-state index in [0.29, 0.717) is 5.69 Å². The average molecular weight is 293 g/mol. The van der Waals surface area contributed by atoms with Gasteiger partial charge >= 0.3 is 6.61 Å². The summed E-state index contributed by atoms with van der Waals surface area (Å²) in [5.74, 6) is -0.140. The summed E-state index contributed by atoms with van der Waals surface area (Å²) in [4.78, 5) is 0. The molecule has 1 unspecified atom stereocenters. The van der Waals surface area contributed by atoms with Gasteiger partial charge in [-0.25, -0.2) is 4.39 Å². The van der Waals surface area contributed by atoms with Gasteiger partial charge in [-0.3, -0.25) is 0 Å². The third-order valence-corrected chi connectivity index (χ3v) is 3.62. The van der Waals surface area contributed by atoms with E-state index < -0.39 is 6.61 Å². The van der Waals surface area contributed by atoms with Gasteiger partial charge in [-0.2, -0.15) is 8.78 Å². The molecular formula is C16H14F3NO. The van der Waals surface area contributed by atoms with Crippen LogP contribution < -0.4 is 10.1 Å². The van der Waals surface area contributed by atoms with Crippen LogP contribution in [-0.4, -0.2) is 6.61 Å². The molecule has 0 bridgehead atoms. The molecule has 0 aliphatic heterocycles. The molecule has 1 N–H and O–H groups in total. The van der Waals surface area contributed by atoms with Crippen molar-refractivity contribution in [3.8, 4) is 5.75 Å². The predicted octanol–water partition coefficient (Wildman–Crippen LogP) is 4.53. The highest BCUT2D eigenvalue weighted by molar-refractivity contribution is 5.58. The largest absolute Gasteiger partial charge is 0.433 e. The standard InChI is InChI=1S/C16H14F3NO/c17-11-6-7-12-10(9-11)5-8-13(12)20-14-3-1-2-4-15(14)21-16(18)19/h1-4,6-7,9,13,16,20H,5,8H2. The molecule has 0 amide bonds. The lowest BCUT2D eigenvalue weighted by molar-refractivity contribution is -0.0493. The normalized spacial score (nSPS) is 16.9. The number of rotatable bonds is 4. The van der Waals surface area contributed by atoms with Crippen molar-refractivity contribution in [2.24, 2.45) is 0 Å². The predicted molar refractivity (Wildman–Crippen MR) is 74.2 cm³/mol. The van der Waals surface area contributed by atoms with Gasteiger partial charge in [-0.05, 0) is 48.2 Å². The van der Waals surface area contributed by atoms with E-state index >= 15 is 0 Å². The second-order valence-corrected chi connectivity index (χ2v) is 4.95. The second kappa shape index (κ2) is 5.68. The smallest absolute Gasteiger partial charge is 0.387 e. The van der Waals surface area contributed by atoms with Crippen molar-refractivity contribution in [2.45, 2.75) is 25.5 Å². The van der Waals surface area contributed by atoms with Crippen LogP contribution in [0.2, 0.25) is 0 Å². The number of halogens is 3. The van der Waals surface area contributed by atoms with E-state index in [1.807, 2.05) is 0 Å². The molecule has 1 aliphatic rings. The van der Waals surface area contributed by atoms with Crippen LogP contribution in [0.1, 0.15) is 23.6 Å². The fourth-order valence-corrected chi connectivity index (χ4v) is 2.71. The molecule has 1 aliphatic carbocycles. The monoisotopic (exact) mass is 293 g/mol. The highest BCUT2D eigenvalue weighted by Crippen LogP contribution is 2.36. The average Bonchev–Trinajstić information content (AvgIpc) is 2.83. The maximum Gasteiger partial charge on any atom is 0.387 e. The SMILES string of the molecule is Fc1ccc2c(c1)CCC2Nc1ccccc1OC(F)F. The Morgan fingerprint density at radius 3 is 2.76 bits per heavy atom. The summed E-state index contributed by atoms with van der Waals surface area (Å²) in [6, 6.07) is 11.2. The van der Waals surface area contributed by atoms with Crippen LogP contribution in [0.25, 0.3) is 0 Å². The Balaban J connectivity index is 1.83. The minimum Gasteiger partial charge on any atom is -0.433 e. The van der Waals surface area contributed by atoms with Crippen LogP contribution in [0.5, 0.6) is 5.75 Å². The van der Waals surface area contributed by atoms with Gasteiger partial charge in [0.2, 0.25) is 0 Å². The first-order valence-electron chi connectivity index (χ1n) is 6.72. The highest BCUT2D eigenvalue weighted by Gasteiger charge is 2.23. The van der Waals surface area contributed by atoms with Crippen LogP contribution in [0.4, 0.5) is 18.9 Å². The van der Waals surface area contributed by atoms with Crippen molar-refractivity contribution in [3.05, 3.63) is 59.4 Å². The van der Waals surface area contributed by atoms with Gasteiger partial charge in [-0.1, -0.05) is 18.2 Å². The fourth-order valence-electron chi connectivity index (χ4n) is 2.71. The molecule has 2 aromatic carbocycles. The van der Waals surface area contributed by atoms with Gasteiger partial charge in [0.05, 0.1) is 11.7 Å². The first-order chi connectivity index (χ1) is 10.1. The summed E-state index contributed by atoms with van der Waals surface area (Å²) in [7, 11) is 0. The number of alkyl halides is 2. The molecule has 110 valence electrons. The summed E-state index contributed by atoms with van der Waals surface area (Å²) < 4.78 is 42.5. The number of ether oxygens (including phenoxy) is 1. The van der Waals surface area contributed by atoms with Crippen molar-refractivity contribution >= 4 is 5.69 Å². The van der Waals surface area contributed by atoms with E-state index in [4.69, 9.17) is 0 Å². The van der Waals surface area contributed by atoms with Crippen molar-refractivity contribution in [1.29, 1.82) is 0 Å². The number of aryl methyl sites for hydroxylation is 1. The second-order valence-electron chi connectivity index (χ2n) is 4.95. The molecule has 21 heavy (non-hydrogen) atoms. The van der Waals surface area contributed by atoms with E-state index in [1.54, 1.807) is 24.3 Å². The van der Waals surface area contributed by atoms with Crippen LogP contribution in [0, 0.1) is 5.82 Å². The van der Waals surface area contributed by atoms with E-state index in [0.717, 1.165) is 24.0 Å². The van der Waals surface area contributed by atoms with Gasteiger partial charge in [0.25, 0.3) is 0 Å². The molecule has 5 heteroatoms. The molecule has 0 saturated carbocycles. The first-order valence-corrected chi connectivity index (χ1v) is 6.72. The van der Waals surface area contributed by atoms with Gasteiger partial charge in [0.15, 0.2) is 0 Å². The van der Waals surface area contributed by atoms with Crippen LogP contribution >= 0.6 is 0 Å². The third-order valence-electron chi connectivity index (χ3n) is 3.62. The van der Waals surface area contributed by atoms with Gasteiger partial charge < -0.3 is 10.1 Å². The van der Waals surface area contributed by atoms with Crippen LogP contribution in [-0.2, 0) is 6.42 Å². The Morgan fingerprint density at radius 2 is 1.95 bits per heavy atom. The van der Waals surface area contributed by atoms with Crippen LogP contribution in [0.3, 0.4) is 0 Å². The van der Waals surface area contributed by atoms with Crippen molar-refractivity contribution in [2.75, 3.05) is 5.32 Å². The highest BCUT2D eigenvalue weighted by atomic mass is 19.3. The number of benzene rings is 2. The molecule has 2 nitrogen and oxygen atoms in total. The van der Waals surface area contributed by atoms with E-state index in [2.05, 4.69) is 10.1 Å². The molecular weight excluding hydrogens is 279 g/mol. The van der Waals surface area contributed by atoms with Crippen molar-refractivity contribution in [3.63, 3.8) is 0 Å². The molecule has 0 saturated heterocycles. The third kappa shape index (κ3) is 2.96. The number of para-hydroxylation sites is 2. The zero-order chi connectivity index (χ0) is 14.8. The van der Waals surface area contributed by atoms with E-state index in [1.165, 1.54) is 18.2 Å². The van der Waals surface area contributed by atoms with Crippen molar-refractivity contribution in [1.82, 2.24) is 0 Å². The molecule has 0 heterocycles. The van der Waals surface area contributed by atoms with E-state index in [9.17, 15) is 13.2 Å². The number of anilines is 1. The maximum absolute atomic E-state index is 13.2. The quantitative estimate of drug-likeness (QED) is 0.894.